The number of ether oxygens (including phenoxy) is 1. The van der Waals surface area contributed by atoms with E-state index in [1.807, 2.05) is 30.0 Å². The van der Waals surface area contributed by atoms with Crippen molar-refractivity contribution >= 4 is 11.9 Å². The molecule has 0 saturated heterocycles. The zero-order valence-corrected chi connectivity index (χ0v) is 15.9. The number of nitrogens with one attached hydrogen (secondary N) is 1. The Kier molecular flexibility index (Phi) is 6.60. The number of carboxylic acids is 1. The summed E-state index contributed by atoms with van der Waals surface area (Å²) in [7, 11) is 0. The molecule has 1 aromatic heterocycles. The van der Waals surface area contributed by atoms with Crippen molar-refractivity contribution in [1.29, 1.82) is 0 Å². The number of carboxylic acid groups (broad SMARTS) is 1. The van der Waals surface area contributed by atoms with Crippen molar-refractivity contribution in [2.45, 2.75) is 38.5 Å². The first-order valence-corrected chi connectivity index (χ1v) is 9.43. The summed E-state index contributed by atoms with van der Waals surface area (Å²) in [5, 5.41) is 12.0. The van der Waals surface area contributed by atoms with Gasteiger partial charge in [0.05, 0.1) is 6.54 Å². The summed E-state index contributed by atoms with van der Waals surface area (Å²) in [5.41, 5.74) is 1.50. The van der Waals surface area contributed by atoms with E-state index < -0.39 is 5.97 Å². The highest BCUT2D eigenvalue weighted by Gasteiger charge is 2.34. The van der Waals surface area contributed by atoms with Crippen LogP contribution in [0.1, 0.15) is 35.7 Å². The van der Waals surface area contributed by atoms with E-state index in [0.29, 0.717) is 24.5 Å². The number of rotatable bonds is 9. The molecule has 0 atom stereocenters. The molecule has 3 rings (SSSR count). The summed E-state index contributed by atoms with van der Waals surface area (Å²) < 4.78 is 5.75. The minimum absolute atomic E-state index is 0.0398. The fraction of sp³-hybridized carbons (Fsp3) is 0.381. The molecular formula is C21H25N3O4. The molecule has 2 N–H and O–H groups in total. The maximum atomic E-state index is 12.5. The smallest absolute Gasteiger partial charge is 0.317 e. The number of benzene rings is 1. The van der Waals surface area contributed by atoms with Gasteiger partial charge in [0, 0.05) is 35.6 Å². The minimum Gasteiger partial charge on any atom is -0.489 e. The van der Waals surface area contributed by atoms with Crippen LogP contribution >= 0.6 is 0 Å². The summed E-state index contributed by atoms with van der Waals surface area (Å²) >= 11 is 0. The van der Waals surface area contributed by atoms with Gasteiger partial charge in [-0.15, -0.1) is 0 Å². The molecule has 1 aliphatic rings. The molecule has 7 nitrogen and oxygen atoms in total. The Morgan fingerprint density at radius 1 is 1.29 bits per heavy atom. The number of amides is 1. The van der Waals surface area contributed by atoms with Crippen molar-refractivity contribution in [3.8, 4) is 5.75 Å². The lowest BCUT2D eigenvalue weighted by molar-refractivity contribution is -0.139. The van der Waals surface area contributed by atoms with E-state index in [1.165, 1.54) is 0 Å². The Morgan fingerprint density at radius 3 is 2.79 bits per heavy atom. The highest BCUT2D eigenvalue weighted by molar-refractivity contribution is 5.94. The standard InChI is InChI=1S/C21H25N3O4/c1-2-24(13-20(25)26)18-10-17(11-18)23-21(27)16-6-3-7-19(9-16)28-14-15-5-4-8-22-12-15/h3-9,12,17-18H,2,10-11,13-14H2,1H3,(H,23,27)(H,25,26). The molecule has 1 fully saturated rings. The molecule has 28 heavy (non-hydrogen) atoms. The average Bonchev–Trinajstić information content (AvgIpc) is 2.68. The Balaban J connectivity index is 1.49. The Morgan fingerprint density at radius 2 is 2.11 bits per heavy atom. The first-order chi connectivity index (χ1) is 13.5. The number of carbonyl (C=O) groups is 2. The molecule has 1 aromatic carbocycles. The molecular weight excluding hydrogens is 358 g/mol. The third-order valence-electron chi connectivity index (χ3n) is 4.93. The van der Waals surface area contributed by atoms with Gasteiger partial charge in [-0.2, -0.15) is 0 Å². The highest BCUT2D eigenvalue weighted by Crippen LogP contribution is 2.26. The summed E-state index contributed by atoms with van der Waals surface area (Å²) in [5.74, 6) is -0.337. The van der Waals surface area contributed by atoms with Gasteiger partial charge in [0.2, 0.25) is 0 Å². The van der Waals surface area contributed by atoms with E-state index in [-0.39, 0.29) is 24.5 Å². The maximum Gasteiger partial charge on any atom is 0.317 e. The summed E-state index contributed by atoms with van der Waals surface area (Å²) in [6.07, 6.45) is 4.99. The van der Waals surface area contributed by atoms with Gasteiger partial charge in [-0.25, -0.2) is 0 Å². The fourth-order valence-corrected chi connectivity index (χ4v) is 3.32. The largest absolute Gasteiger partial charge is 0.489 e. The predicted octanol–water partition coefficient (Wildman–Crippen LogP) is 2.33. The highest BCUT2D eigenvalue weighted by atomic mass is 16.5. The number of aliphatic carboxylic acids is 1. The first-order valence-electron chi connectivity index (χ1n) is 9.43. The summed E-state index contributed by atoms with van der Waals surface area (Å²) in [6.45, 7) is 3.07. The van der Waals surface area contributed by atoms with Gasteiger partial charge in [-0.05, 0) is 43.7 Å². The van der Waals surface area contributed by atoms with Crippen LogP contribution in [0.4, 0.5) is 0 Å². The molecule has 0 aliphatic heterocycles. The molecule has 2 aromatic rings. The Bertz CT molecular complexity index is 806. The lowest BCUT2D eigenvalue weighted by Gasteiger charge is -2.42. The molecule has 7 heteroatoms. The summed E-state index contributed by atoms with van der Waals surface area (Å²) in [4.78, 5) is 29.4. The second kappa shape index (κ2) is 9.32. The van der Waals surface area contributed by atoms with Gasteiger partial charge in [0.25, 0.3) is 5.91 Å². The van der Waals surface area contributed by atoms with Crippen LogP contribution in [0.25, 0.3) is 0 Å². The van der Waals surface area contributed by atoms with E-state index >= 15 is 0 Å². The van der Waals surface area contributed by atoms with Crippen LogP contribution in [0.5, 0.6) is 5.75 Å². The zero-order chi connectivity index (χ0) is 19.9. The maximum absolute atomic E-state index is 12.5. The minimum atomic E-state index is -0.822. The normalized spacial score (nSPS) is 18.4. The third-order valence-corrected chi connectivity index (χ3v) is 4.93. The van der Waals surface area contributed by atoms with Crippen molar-refractivity contribution in [1.82, 2.24) is 15.2 Å². The molecule has 0 radical (unpaired) electrons. The number of aromatic nitrogens is 1. The monoisotopic (exact) mass is 383 g/mol. The van der Waals surface area contributed by atoms with Crippen molar-refractivity contribution in [2.75, 3.05) is 13.1 Å². The number of likely N-dealkylation sites (N-methyl/N-ethyl adjacent to an activating group) is 1. The second-order valence-electron chi connectivity index (χ2n) is 6.93. The van der Waals surface area contributed by atoms with Gasteiger partial charge in [0.1, 0.15) is 12.4 Å². The molecule has 1 aliphatic carbocycles. The van der Waals surface area contributed by atoms with Gasteiger partial charge >= 0.3 is 5.97 Å². The average molecular weight is 383 g/mol. The van der Waals surface area contributed by atoms with Crippen molar-refractivity contribution in [3.05, 3.63) is 59.9 Å². The van der Waals surface area contributed by atoms with Crippen LogP contribution in [0.2, 0.25) is 0 Å². The van der Waals surface area contributed by atoms with Gasteiger partial charge in [-0.1, -0.05) is 19.1 Å². The van der Waals surface area contributed by atoms with E-state index in [2.05, 4.69) is 10.3 Å². The van der Waals surface area contributed by atoms with Gasteiger partial charge in [-0.3, -0.25) is 19.5 Å². The van der Waals surface area contributed by atoms with Crippen LogP contribution in [-0.4, -0.2) is 52.0 Å². The van der Waals surface area contributed by atoms with E-state index in [4.69, 9.17) is 9.84 Å². The van der Waals surface area contributed by atoms with Crippen LogP contribution in [0.15, 0.2) is 48.8 Å². The third kappa shape index (κ3) is 5.29. The van der Waals surface area contributed by atoms with Crippen molar-refractivity contribution < 1.29 is 19.4 Å². The molecule has 0 spiro atoms. The summed E-state index contributed by atoms with van der Waals surface area (Å²) in [6, 6.07) is 11.2. The van der Waals surface area contributed by atoms with Crippen molar-refractivity contribution in [3.63, 3.8) is 0 Å². The molecule has 148 valence electrons. The number of carbonyl (C=O) groups excluding carboxylic acids is 1. The predicted molar refractivity (Wildman–Crippen MR) is 104 cm³/mol. The SMILES string of the molecule is CCN(CC(=O)O)C1CC(NC(=O)c2cccc(OCc3cccnc3)c2)C1. The van der Waals surface area contributed by atoms with Crippen LogP contribution in [-0.2, 0) is 11.4 Å². The van der Waals surface area contributed by atoms with Crippen LogP contribution in [0, 0.1) is 0 Å². The Labute approximate surface area is 164 Å². The molecule has 1 heterocycles. The zero-order valence-electron chi connectivity index (χ0n) is 15.9. The van der Waals surface area contributed by atoms with E-state index in [1.54, 1.807) is 30.6 Å². The second-order valence-corrected chi connectivity index (χ2v) is 6.93. The van der Waals surface area contributed by atoms with Gasteiger partial charge < -0.3 is 15.2 Å². The lowest BCUT2D eigenvalue weighted by Crippen LogP contribution is -2.54. The molecule has 1 saturated carbocycles. The Hall–Kier alpha value is -2.93. The first kappa shape index (κ1) is 19.8. The molecule has 0 bridgehead atoms. The number of pyridine rings is 1. The molecule has 0 unspecified atom stereocenters. The number of hydrogen-bond donors (Lipinski definition) is 2. The topological polar surface area (TPSA) is 91.8 Å². The number of nitrogens with zero attached hydrogens (tertiary/aromatic N) is 2. The fourth-order valence-electron chi connectivity index (χ4n) is 3.32. The van der Waals surface area contributed by atoms with E-state index in [9.17, 15) is 9.59 Å². The molecule has 1 amide bonds. The van der Waals surface area contributed by atoms with Crippen LogP contribution in [0.3, 0.4) is 0 Å². The quantitative estimate of drug-likeness (QED) is 0.691. The van der Waals surface area contributed by atoms with Crippen molar-refractivity contribution in [2.24, 2.45) is 0 Å². The number of hydrogen-bond acceptors (Lipinski definition) is 5. The van der Waals surface area contributed by atoms with Gasteiger partial charge in [0.15, 0.2) is 0 Å². The lowest BCUT2D eigenvalue weighted by atomic mass is 9.85. The van der Waals surface area contributed by atoms with Crippen LogP contribution < -0.4 is 10.1 Å². The van der Waals surface area contributed by atoms with E-state index in [0.717, 1.165) is 18.4 Å².